The largest absolute Gasteiger partial charge is 0.491 e. The Kier molecular flexibility index (Phi) is 6.24. The first kappa shape index (κ1) is 14.5. The molecule has 0 aromatic heterocycles. The van der Waals surface area contributed by atoms with Gasteiger partial charge in [0.1, 0.15) is 12.4 Å². The molecule has 0 aliphatic heterocycles. The summed E-state index contributed by atoms with van der Waals surface area (Å²) in [6.45, 7) is 1.14. The number of nitro groups is 1. The van der Waals surface area contributed by atoms with Crippen molar-refractivity contribution in [2.24, 2.45) is 0 Å². The smallest absolute Gasteiger partial charge is 0.314 e. The topological polar surface area (TPSA) is 70.8 Å². The number of nitrogens with zero attached hydrogens (tertiary/aromatic N) is 1. The minimum absolute atomic E-state index is 0.128. The molecule has 18 heavy (non-hydrogen) atoms. The van der Waals surface area contributed by atoms with Crippen molar-refractivity contribution >= 4 is 17.3 Å². The van der Waals surface area contributed by atoms with Crippen LogP contribution >= 0.6 is 11.6 Å². The van der Waals surface area contributed by atoms with Crippen LogP contribution < -0.4 is 9.47 Å². The lowest BCUT2D eigenvalue weighted by Gasteiger charge is -2.07. The quantitative estimate of drug-likeness (QED) is 0.315. The highest BCUT2D eigenvalue weighted by Crippen LogP contribution is 2.30. The van der Waals surface area contributed by atoms with Gasteiger partial charge in [-0.25, -0.2) is 0 Å². The van der Waals surface area contributed by atoms with Gasteiger partial charge in [-0.1, -0.05) is 0 Å². The molecule has 0 heterocycles. The maximum atomic E-state index is 10.8. The number of hydrogen-bond donors (Lipinski definition) is 0. The third-order valence-corrected chi connectivity index (χ3v) is 2.22. The second kappa shape index (κ2) is 7.73. The van der Waals surface area contributed by atoms with Crippen molar-refractivity contribution in [3.05, 3.63) is 28.3 Å². The highest BCUT2D eigenvalue weighted by molar-refractivity contribution is 6.17. The zero-order valence-corrected chi connectivity index (χ0v) is 10.7. The van der Waals surface area contributed by atoms with Gasteiger partial charge in [0.25, 0.3) is 0 Å². The van der Waals surface area contributed by atoms with E-state index in [1.54, 1.807) is 6.07 Å². The number of alkyl halides is 1. The third kappa shape index (κ3) is 4.38. The van der Waals surface area contributed by atoms with Crippen molar-refractivity contribution in [1.29, 1.82) is 0 Å². The molecule has 0 radical (unpaired) electrons. The second-order valence-corrected chi connectivity index (χ2v) is 3.62. The summed E-state index contributed by atoms with van der Waals surface area (Å²) in [5.41, 5.74) is -0.128. The lowest BCUT2D eigenvalue weighted by atomic mass is 10.3. The van der Waals surface area contributed by atoms with E-state index in [2.05, 4.69) is 0 Å². The number of halogens is 1. The molecule has 0 saturated heterocycles. The SMILES string of the molecule is COc1ccc(OCCOCCCl)cc1[N+](=O)[O-]. The van der Waals surface area contributed by atoms with E-state index in [0.717, 1.165) is 0 Å². The lowest BCUT2D eigenvalue weighted by molar-refractivity contribution is -0.385. The Morgan fingerprint density at radius 3 is 2.72 bits per heavy atom. The van der Waals surface area contributed by atoms with Crippen LogP contribution in [0.5, 0.6) is 11.5 Å². The van der Waals surface area contributed by atoms with Gasteiger partial charge in [-0.15, -0.1) is 11.6 Å². The summed E-state index contributed by atoms with van der Waals surface area (Å²) < 4.78 is 15.3. The standard InChI is InChI=1S/C11H14ClNO5/c1-16-11-3-2-9(8-10(11)13(14)15)18-7-6-17-5-4-12/h2-3,8H,4-7H2,1H3. The number of rotatable bonds is 8. The minimum atomic E-state index is -0.518. The molecule has 0 saturated carbocycles. The summed E-state index contributed by atoms with van der Waals surface area (Å²) >= 11 is 5.43. The molecule has 1 aromatic carbocycles. The van der Waals surface area contributed by atoms with E-state index >= 15 is 0 Å². The summed E-state index contributed by atoms with van der Waals surface area (Å²) in [7, 11) is 1.38. The highest BCUT2D eigenvalue weighted by Gasteiger charge is 2.15. The van der Waals surface area contributed by atoms with Gasteiger partial charge >= 0.3 is 5.69 Å². The maximum Gasteiger partial charge on any atom is 0.314 e. The summed E-state index contributed by atoms with van der Waals surface area (Å²) in [5, 5.41) is 10.8. The van der Waals surface area contributed by atoms with Crippen molar-refractivity contribution in [2.75, 3.05) is 32.8 Å². The Hall–Kier alpha value is -1.53. The third-order valence-electron chi connectivity index (χ3n) is 2.06. The predicted molar refractivity (Wildman–Crippen MR) is 66.7 cm³/mol. The first-order valence-electron chi connectivity index (χ1n) is 5.28. The fourth-order valence-electron chi connectivity index (χ4n) is 1.28. The Morgan fingerprint density at radius 1 is 1.33 bits per heavy atom. The zero-order valence-electron chi connectivity index (χ0n) is 9.93. The van der Waals surface area contributed by atoms with Crippen LogP contribution in [0.3, 0.4) is 0 Å². The van der Waals surface area contributed by atoms with Gasteiger partial charge < -0.3 is 14.2 Å². The molecule has 0 spiro atoms. The molecule has 0 aliphatic carbocycles. The average molecular weight is 276 g/mol. The molecule has 1 rings (SSSR count). The van der Waals surface area contributed by atoms with Crippen molar-refractivity contribution < 1.29 is 19.1 Å². The summed E-state index contributed by atoms with van der Waals surface area (Å²) in [4.78, 5) is 10.3. The zero-order chi connectivity index (χ0) is 13.4. The monoisotopic (exact) mass is 275 g/mol. The Balaban J connectivity index is 2.56. The van der Waals surface area contributed by atoms with Gasteiger partial charge in [0.15, 0.2) is 5.75 Å². The number of hydrogen-bond acceptors (Lipinski definition) is 5. The van der Waals surface area contributed by atoms with Crippen LogP contribution in [-0.4, -0.2) is 37.7 Å². The Labute approximate surface area is 110 Å². The summed E-state index contributed by atoms with van der Waals surface area (Å²) in [6, 6.07) is 4.42. The van der Waals surface area contributed by atoms with Crippen LogP contribution in [0, 0.1) is 10.1 Å². The normalized spacial score (nSPS) is 10.1. The molecule has 0 bridgehead atoms. The van der Waals surface area contributed by atoms with Gasteiger partial charge in [-0.05, 0) is 12.1 Å². The molecule has 1 aromatic rings. The molecule has 0 atom stereocenters. The highest BCUT2D eigenvalue weighted by atomic mass is 35.5. The molecule has 0 aliphatic rings. The minimum Gasteiger partial charge on any atom is -0.491 e. The maximum absolute atomic E-state index is 10.8. The number of nitro benzene ring substituents is 1. The predicted octanol–water partition coefficient (Wildman–Crippen LogP) is 2.24. The van der Waals surface area contributed by atoms with E-state index < -0.39 is 4.92 Å². The van der Waals surface area contributed by atoms with Crippen LogP contribution in [0.4, 0.5) is 5.69 Å². The van der Waals surface area contributed by atoms with Crippen molar-refractivity contribution in [3.63, 3.8) is 0 Å². The molecule has 7 heteroatoms. The molecular formula is C11H14ClNO5. The Morgan fingerprint density at radius 2 is 2.11 bits per heavy atom. The number of benzene rings is 1. The van der Waals surface area contributed by atoms with Crippen LogP contribution in [0.2, 0.25) is 0 Å². The first-order valence-corrected chi connectivity index (χ1v) is 5.81. The van der Waals surface area contributed by atoms with Gasteiger partial charge in [-0.3, -0.25) is 10.1 Å². The van der Waals surface area contributed by atoms with E-state index in [1.165, 1.54) is 19.2 Å². The molecule has 100 valence electrons. The summed E-state index contributed by atoms with van der Waals surface area (Å²) in [5.74, 6) is 1.02. The lowest BCUT2D eigenvalue weighted by Crippen LogP contribution is -2.08. The van der Waals surface area contributed by atoms with E-state index in [9.17, 15) is 10.1 Å². The van der Waals surface area contributed by atoms with Gasteiger partial charge in [0.2, 0.25) is 0 Å². The number of methoxy groups -OCH3 is 1. The fourth-order valence-corrected chi connectivity index (χ4v) is 1.39. The molecule has 0 amide bonds. The molecular weight excluding hydrogens is 262 g/mol. The molecule has 6 nitrogen and oxygen atoms in total. The second-order valence-electron chi connectivity index (χ2n) is 3.24. The molecule has 0 unspecified atom stereocenters. The molecule has 0 N–H and O–H groups in total. The molecule has 0 fully saturated rings. The van der Waals surface area contributed by atoms with Gasteiger partial charge in [0, 0.05) is 5.88 Å². The van der Waals surface area contributed by atoms with E-state index in [0.29, 0.717) is 31.5 Å². The fraction of sp³-hybridized carbons (Fsp3) is 0.455. The van der Waals surface area contributed by atoms with Crippen LogP contribution in [0.15, 0.2) is 18.2 Å². The van der Waals surface area contributed by atoms with Crippen LogP contribution in [0.25, 0.3) is 0 Å². The van der Waals surface area contributed by atoms with E-state index in [-0.39, 0.29) is 11.4 Å². The van der Waals surface area contributed by atoms with Crippen molar-refractivity contribution in [3.8, 4) is 11.5 Å². The van der Waals surface area contributed by atoms with E-state index in [4.69, 9.17) is 25.8 Å². The van der Waals surface area contributed by atoms with E-state index in [1.807, 2.05) is 0 Å². The van der Waals surface area contributed by atoms with Gasteiger partial charge in [0.05, 0.1) is 31.3 Å². The van der Waals surface area contributed by atoms with Crippen LogP contribution in [-0.2, 0) is 4.74 Å². The van der Waals surface area contributed by atoms with Crippen LogP contribution in [0.1, 0.15) is 0 Å². The summed E-state index contributed by atoms with van der Waals surface area (Å²) in [6.07, 6.45) is 0. The number of ether oxygens (including phenoxy) is 3. The Bertz CT molecular complexity index is 399. The van der Waals surface area contributed by atoms with Crippen molar-refractivity contribution in [2.45, 2.75) is 0 Å². The first-order chi connectivity index (χ1) is 8.69. The van der Waals surface area contributed by atoms with Gasteiger partial charge in [-0.2, -0.15) is 0 Å². The van der Waals surface area contributed by atoms with Crippen molar-refractivity contribution in [1.82, 2.24) is 0 Å². The average Bonchev–Trinajstić information content (AvgIpc) is 2.38.